The number of aliphatic carboxylic acids is 1. The summed E-state index contributed by atoms with van der Waals surface area (Å²) in [7, 11) is 0. The van der Waals surface area contributed by atoms with E-state index in [0.29, 0.717) is 18.9 Å². The predicted octanol–water partition coefficient (Wildman–Crippen LogP) is 1.82. The van der Waals surface area contributed by atoms with Crippen LogP contribution in [0.25, 0.3) is 0 Å². The van der Waals surface area contributed by atoms with Gasteiger partial charge in [-0.3, -0.25) is 0 Å². The summed E-state index contributed by atoms with van der Waals surface area (Å²) in [6.45, 7) is 2.70. The second-order valence-corrected chi connectivity index (χ2v) is 5.38. The molecule has 0 radical (unpaired) electrons. The number of nitrogens with one attached hydrogen (secondary N) is 1. The number of likely N-dealkylation sites (tertiary alicyclic amines) is 1. The minimum absolute atomic E-state index is 0.189. The van der Waals surface area contributed by atoms with E-state index < -0.39 is 12.0 Å². The van der Waals surface area contributed by atoms with E-state index in [1.807, 2.05) is 0 Å². The smallest absolute Gasteiger partial charge is 0.326 e. The summed E-state index contributed by atoms with van der Waals surface area (Å²) in [4.78, 5) is 24.7. The van der Waals surface area contributed by atoms with Crippen LogP contribution in [0.5, 0.6) is 0 Å². The van der Waals surface area contributed by atoms with Crippen molar-refractivity contribution in [2.75, 3.05) is 6.54 Å². The van der Waals surface area contributed by atoms with Crippen molar-refractivity contribution in [2.24, 2.45) is 5.92 Å². The van der Waals surface area contributed by atoms with Gasteiger partial charge in [-0.2, -0.15) is 0 Å². The fourth-order valence-corrected chi connectivity index (χ4v) is 2.79. The molecule has 2 amide bonds. The lowest BCUT2D eigenvalue weighted by atomic mass is 10.0. The van der Waals surface area contributed by atoms with Gasteiger partial charge >= 0.3 is 12.0 Å². The number of hydrogen-bond acceptors (Lipinski definition) is 2. The number of carboxylic acid groups (broad SMARTS) is 1. The molecule has 1 saturated carbocycles. The van der Waals surface area contributed by atoms with Crippen LogP contribution in [0.1, 0.15) is 45.4 Å². The number of nitrogens with zero attached hydrogens (tertiary/aromatic N) is 1. The van der Waals surface area contributed by atoms with E-state index in [1.165, 1.54) is 4.90 Å². The van der Waals surface area contributed by atoms with E-state index in [0.717, 1.165) is 32.1 Å². The van der Waals surface area contributed by atoms with E-state index >= 15 is 0 Å². The van der Waals surface area contributed by atoms with Crippen molar-refractivity contribution in [1.82, 2.24) is 10.2 Å². The number of carbonyl (C=O) groups excluding carboxylic acids is 1. The van der Waals surface area contributed by atoms with Gasteiger partial charge in [0.05, 0.1) is 0 Å². The second kappa shape index (κ2) is 5.59. The Balaban J connectivity index is 1.85. The molecule has 2 fully saturated rings. The van der Waals surface area contributed by atoms with Gasteiger partial charge in [0, 0.05) is 12.6 Å². The van der Waals surface area contributed by atoms with Crippen LogP contribution in [0, 0.1) is 5.92 Å². The maximum Gasteiger partial charge on any atom is 0.326 e. The van der Waals surface area contributed by atoms with Crippen LogP contribution in [-0.4, -0.2) is 40.6 Å². The third kappa shape index (κ3) is 2.94. The maximum atomic E-state index is 12.1. The molecular weight excluding hydrogens is 232 g/mol. The van der Waals surface area contributed by atoms with Crippen molar-refractivity contribution in [1.29, 1.82) is 0 Å². The van der Waals surface area contributed by atoms with E-state index in [2.05, 4.69) is 12.2 Å². The highest BCUT2D eigenvalue weighted by atomic mass is 16.4. The summed E-state index contributed by atoms with van der Waals surface area (Å²) in [5, 5.41) is 12.1. The summed E-state index contributed by atoms with van der Waals surface area (Å²) in [5.41, 5.74) is 0. The Kier molecular flexibility index (Phi) is 4.09. The average molecular weight is 254 g/mol. The van der Waals surface area contributed by atoms with Gasteiger partial charge in [-0.15, -0.1) is 0 Å². The third-order valence-corrected chi connectivity index (χ3v) is 3.94. The Hall–Kier alpha value is -1.26. The third-order valence-electron chi connectivity index (χ3n) is 3.94. The summed E-state index contributed by atoms with van der Waals surface area (Å²) >= 11 is 0. The Bertz CT molecular complexity index is 332. The quantitative estimate of drug-likeness (QED) is 0.804. The van der Waals surface area contributed by atoms with Gasteiger partial charge in [0.1, 0.15) is 6.04 Å². The second-order valence-electron chi connectivity index (χ2n) is 5.38. The molecule has 3 unspecified atom stereocenters. The van der Waals surface area contributed by atoms with Crippen molar-refractivity contribution < 1.29 is 14.7 Å². The molecule has 18 heavy (non-hydrogen) atoms. The number of amides is 2. The minimum Gasteiger partial charge on any atom is -0.480 e. The molecule has 1 aliphatic heterocycles. The molecule has 2 N–H and O–H groups in total. The molecular formula is C13H22N2O3. The fraction of sp³-hybridized carbons (Fsp3) is 0.846. The summed E-state index contributed by atoms with van der Waals surface area (Å²) in [6.07, 6.45) is 5.70. The fourth-order valence-electron chi connectivity index (χ4n) is 2.79. The lowest BCUT2D eigenvalue weighted by Crippen LogP contribution is -2.52. The number of carboxylic acids is 1. The van der Waals surface area contributed by atoms with Gasteiger partial charge in [0.15, 0.2) is 0 Å². The van der Waals surface area contributed by atoms with Crippen molar-refractivity contribution in [3.05, 3.63) is 0 Å². The highest BCUT2D eigenvalue weighted by Gasteiger charge is 2.40. The first-order chi connectivity index (χ1) is 8.63. The Morgan fingerprint density at radius 2 is 2.17 bits per heavy atom. The zero-order valence-corrected chi connectivity index (χ0v) is 10.9. The topological polar surface area (TPSA) is 69.6 Å². The number of hydrogen-bond donors (Lipinski definition) is 2. The number of urea groups is 1. The maximum absolute atomic E-state index is 12.1. The van der Waals surface area contributed by atoms with Crippen molar-refractivity contribution in [3.63, 3.8) is 0 Å². The van der Waals surface area contributed by atoms with Crippen LogP contribution >= 0.6 is 0 Å². The van der Waals surface area contributed by atoms with Gasteiger partial charge in [-0.25, -0.2) is 9.59 Å². The van der Waals surface area contributed by atoms with Crippen LogP contribution in [0.4, 0.5) is 4.79 Å². The molecule has 2 rings (SSSR count). The van der Waals surface area contributed by atoms with Crippen LogP contribution in [0.3, 0.4) is 0 Å². The SMILES string of the molecule is CCCC1CC1NC(=O)N1CCCCC1C(=O)O. The standard InChI is InChI=1S/C13H22N2O3/c1-2-5-9-8-10(9)14-13(18)15-7-4-3-6-11(15)12(16)17/h9-11H,2-8H2,1H3,(H,14,18)(H,16,17). The number of carbonyl (C=O) groups is 2. The van der Waals surface area contributed by atoms with Crippen molar-refractivity contribution in [3.8, 4) is 0 Å². The van der Waals surface area contributed by atoms with E-state index in [9.17, 15) is 9.59 Å². The largest absolute Gasteiger partial charge is 0.480 e. The first-order valence-electron chi connectivity index (χ1n) is 6.93. The molecule has 0 aromatic rings. The number of piperidine rings is 1. The first kappa shape index (κ1) is 13.2. The molecule has 1 saturated heterocycles. The molecule has 102 valence electrons. The lowest BCUT2D eigenvalue weighted by Gasteiger charge is -2.33. The normalized spacial score (nSPS) is 30.9. The first-order valence-corrected chi connectivity index (χ1v) is 6.93. The minimum atomic E-state index is -0.884. The lowest BCUT2D eigenvalue weighted by molar-refractivity contribution is -0.143. The van der Waals surface area contributed by atoms with Gasteiger partial charge in [0.2, 0.25) is 0 Å². The van der Waals surface area contributed by atoms with E-state index in [1.54, 1.807) is 0 Å². The Morgan fingerprint density at radius 1 is 1.39 bits per heavy atom. The Morgan fingerprint density at radius 3 is 2.83 bits per heavy atom. The van der Waals surface area contributed by atoms with Gasteiger partial charge < -0.3 is 15.3 Å². The average Bonchev–Trinajstić information content (AvgIpc) is 3.07. The van der Waals surface area contributed by atoms with Crippen molar-refractivity contribution >= 4 is 12.0 Å². The van der Waals surface area contributed by atoms with Gasteiger partial charge in [-0.1, -0.05) is 13.3 Å². The highest BCUT2D eigenvalue weighted by molar-refractivity contribution is 5.83. The molecule has 1 heterocycles. The number of rotatable bonds is 4. The summed E-state index contributed by atoms with van der Waals surface area (Å²) in [5.74, 6) is -0.280. The van der Waals surface area contributed by atoms with E-state index in [4.69, 9.17) is 5.11 Å². The van der Waals surface area contributed by atoms with Crippen LogP contribution in [0.15, 0.2) is 0 Å². The van der Waals surface area contributed by atoms with E-state index in [-0.39, 0.29) is 12.1 Å². The molecule has 0 bridgehead atoms. The van der Waals surface area contributed by atoms with Crippen LogP contribution < -0.4 is 5.32 Å². The molecule has 0 aromatic carbocycles. The van der Waals surface area contributed by atoms with Crippen molar-refractivity contribution in [2.45, 2.75) is 57.5 Å². The molecule has 0 aromatic heterocycles. The highest BCUT2D eigenvalue weighted by Crippen LogP contribution is 2.34. The van der Waals surface area contributed by atoms with Gasteiger partial charge in [0.25, 0.3) is 0 Å². The zero-order valence-electron chi connectivity index (χ0n) is 10.9. The molecule has 5 nitrogen and oxygen atoms in total. The molecule has 5 heteroatoms. The zero-order chi connectivity index (χ0) is 13.1. The molecule has 1 aliphatic carbocycles. The molecule has 2 aliphatic rings. The predicted molar refractivity (Wildman–Crippen MR) is 67.3 cm³/mol. The summed E-state index contributed by atoms with van der Waals surface area (Å²) in [6, 6.07) is -0.554. The Labute approximate surface area is 108 Å². The van der Waals surface area contributed by atoms with Crippen LogP contribution in [-0.2, 0) is 4.79 Å². The molecule has 3 atom stereocenters. The van der Waals surface area contributed by atoms with Crippen LogP contribution in [0.2, 0.25) is 0 Å². The monoisotopic (exact) mass is 254 g/mol. The van der Waals surface area contributed by atoms with Gasteiger partial charge in [-0.05, 0) is 38.0 Å². The summed E-state index contributed by atoms with van der Waals surface area (Å²) < 4.78 is 0. The molecule has 0 spiro atoms.